The fourth-order valence-corrected chi connectivity index (χ4v) is 1.49. The quantitative estimate of drug-likeness (QED) is 0.845. The molecule has 0 amide bonds. The number of nitrogens with zero attached hydrogens (tertiary/aromatic N) is 3. The van der Waals surface area contributed by atoms with E-state index in [2.05, 4.69) is 10.1 Å². The maximum atomic E-state index is 10.9. The molecule has 6 nitrogen and oxygen atoms in total. The summed E-state index contributed by atoms with van der Waals surface area (Å²) in [5.74, 6) is -0.870. The minimum Gasteiger partial charge on any atom is -0.476 e. The molecular formula is C10H11N3O3. The number of aryl methyl sites for hydroxylation is 2. The van der Waals surface area contributed by atoms with E-state index in [4.69, 9.17) is 9.52 Å². The summed E-state index contributed by atoms with van der Waals surface area (Å²) in [7, 11) is 1.74. The fraction of sp³-hybridized carbons (Fsp3) is 0.300. The van der Waals surface area contributed by atoms with Gasteiger partial charge >= 0.3 is 5.97 Å². The molecule has 6 heteroatoms. The number of hydrogen-bond donors (Lipinski definition) is 1. The Balaban J connectivity index is 2.53. The molecule has 0 spiro atoms. The molecule has 2 aromatic rings. The number of carboxylic acids is 1. The first kappa shape index (κ1) is 10.4. The zero-order valence-electron chi connectivity index (χ0n) is 8.97. The summed E-state index contributed by atoms with van der Waals surface area (Å²) in [6, 6.07) is 1.80. The van der Waals surface area contributed by atoms with Crippen LogP contribution in [0.5, 0.6) is 0 Å². The highest BCUT2D eigenvalue weighted by molar-refractivity contribution is 5.91. The van der Waals surface area contributed by atoms with Crippen molar-refractivity contribution in [2.75, 3.05) is 0 Å². The zero-order chi connectivity index (χ0) is 11.7. The zero-order valence-corrected chi connectivity index (χ0v) is 8.97. The van der Waals surface area contributed by atoms with E-state index in [0.717, 1.165) is 18.5 Å². The summed E-state index contributed by atoms with van der Waals surface area (Å²) in [4.78, 5) is 14.6. The van der Waals surface area contributed by atoms with Crippen molar-refractivity contribution in [3.8, 4) is 11.5 Å². The molecule has 0 aliphatic rings. The maximum absolute atomic E-state index is 10.9. The van der Waals surface area contributed by atoms with Gasteiger partial charge in [-0.1, -0.05) is 6.92 Å². The number of aromatic carboxylic acids is 1. The van der Waals surface area contributed by atoms with Gasteiger partial charge in [0.1, 0.15) is 5.69 Å². The van der Waals surface area contributed by atoms with Gasteiger partial charge < -0.3 is 9.52 Å². The second kappa shape index (κ2) is 3.80. The average molecular weight is 221 g/mol. The van der Waals surface area contributed by atoms with Gasteiger partial charge in [-0.3, -0.25) is 4.68 Å². The highest BCUT2D eigenvalue weighted by atomic mass is 16.4. The molecule has 1 N–H and O–H groups in total. The van der Waals surface area contributed by atoms with Crippen molar-refractivity contribution in [2.24, 2.45) is 7.05 Å². The third kappa shape index (κ3) is 1.58. The lowest BCUT2D eigenvalue weighted by Gasteiger charge is -1.97. The number of rotatable bonds is 3. The van der Waals surface area contributed by atoms with Crippen LogP contribution in [-0.4, -0.2) is 25.8 Å². The summed E-state index contributed by atoms with van der Waals surface area (Å²) >= 11 is 0. The molecule has 0 bridgehead atoms. The van der Waals surface area contributed by atoms with Crippen molar-refractivity contribution in [1.82, 2.24) is 14.8 Å². The molecule has 0 unspecified atom stereocenters. The van der Waals surface area contributed by atoms with E-state index in [1.165, 1.54) is 0 Å². The molecule has 2 rings (SSSR count). The van der Waals surface area contributed by atoms with Crippen molar-refractivity contribution in [3.05, 3.63) is 23.8 Å². The molecule has 0 aliphatic carbocycles. The van der Waals surface area contributed by atoms with Crippen LogP contribution < -0.4 is 0 Å². The van der Waals surface area contributed by atoms with Crippen LogP contribution in [0.15, 0.2) is 16.9 Å². The van der Waals surface area contributed by atoms with Gasteiger partial charge in [0.15, 0.2) is 17.8 Å². The number of aromatic nitrogens is 3. The topological polar surface area (TPSA) is 81.1 Å². The normalized spacial score (nSPS) is 10.6. The molecule has 0 atom stereocenters. The Bertz CT molecular complexity index is 527. The first-order valence-corrected chi connectivity index (χ1v) is 4.83. The van der Waals surface area contributed by atoms with E-state index in [1.54, 1.807) is 17.8 Å². The largest absolute Gasteiger partial charge is 0.476 e. The Morgan fingerprint density at radius 3 is 2.94 bits per heavy atom. The average Bonchev–Trinajstić information content (AvgIpc) is 2.82. The highest BCUT2D eigenvalue weighted by Gasteiger charge is 2.20. The van der Waals surface area contributed by atoms with Gasteiger partial charge in [-0.2, -0.15) is 5.10 Å². The predicted octanol–water partition coefficient (Wildman–Crippen LogP) is 1.34. The molecule has 16 heavy (non-hydrogen) atoms. The van der Waals surface area contributed by atoms with Crippen LogP contribution in [0.1, 0.15) is 23.1 Å². The minimum atomic E-state index is -1.11. The molecule has 0 aliphatic heterocycles. The Morgan fingerprint density at radius 2 is 2.38 bits per heavy atom. The van der Waals surface area contributed by atoms with Gasteiger partial charge in [-0.05, 0) is 12.5 Å². The fourth-order valence-electron chi connectivity index (χ4n) is 1.49. The van der Waals surface area contributed by atoms with Crippen LogP contribution >= 0.6 is 0 Å². The van der Waals surface area contributed by atoms with E-state index in [9.17, 15) is 4.79 Å². The second-order valence-electron chi connectivity index (χ2n) is 3.33. The summed E-state index contributed by atoms with van der Waals surface area (Å²) in [5, 5.41) is 13.1. The van der Waals surface area contributed by atoms with Gasteiger partial charge in [0.25, 0.3) is 0 Å². The van der Waals surface area contributed by atoms with Crippen LogP contribution in [0.4, 0.5) is 0 Å². The molecule has 0 saturated heterocycles. The number of carboxylic acid groups (broad SMARTS) is 1. The molecule has 0 fully saturated rings. The molecule has 0 saturated carbocycles. The third-order valence-electron chi connectivity index (χ3n) is 2.30. The predicted molar refractivity (Wildman–Crippen MR) is 55.0 cm³/mol. The van der Waals surface area contributed by atoms with E-state index >= 15 is 0 Å². The van der Waals surface area contributed by atoms with Gasteiger partial charge in [0.2, 0.25) is 0 Å². The Morgan fingerprint density at radius 1 is 1.62 bits per heavy atom. The standard InChI is InChI=1S/C10H11N3O3/c1-3-6-4-7(13(2)12-6)9-8(10(14)15)11-5-16-9/h4-5H,3H2,1-2H3,(H,14,15). The maximum Gasteiger partial charge on any atom is 0.358 e. The smallest absolute Gasteiger partial charge is 0.358 e. The van der Waals surface area contributed by atoms with E-state index < -0.39 is 5.97 Å². The summed E-state index contributed by atoms with van der Waals surface area (Å²) in [6.07, 6.45) is 1.90. The van der Waals surface area contributed by atoms with Crippen molar-refractivity contribution in [1.29, 1.82) is 0 Å². The van der Waals surface area contributed by atoms with Crippen LogP contribution in [0.2, 0.25) is 0 Å². The minimum absolute atomic E-state index is 0.0920. The van der Waals surface area contributed by atoms with Crippen LogP contribution in [0.25, 0.3) is 11.5 Å². The Labute approximate surface area is 91.5 Å². The number of hydrogen-bond acceptors (Lipinski definition) is 4. The van der Waals surface area contributed by atoms with Gasteiger partial charge in [-0.25, -0.2) is 9.78 Å². The van der Waals surface area contributed by atoms with Crippen molar-refractivity contribution < 1.29 is 14.3 Å². The van der Waals surface area contributed by atoms with E-state index in [1.807, 2.05) is 6.92 Å². The molecular weight excluding hydrogens is 210 g/mol. The Kier molecular flexibility index (Phi) is 2.47. The highest BCUT2D eigenvalue weighted by Crippen LogP contribution is 2.23. The van der Waals surface area contributed by atoms with Crippen LogP contribution in [-0.2, 0) is 13.5 Å². The molecule has 84 valence electrons. The van der Waals surface area contributed by atoms with Crippen molar-refractivity contribution >= 4 is 5.97 Å². The summed E-state index contributed by atoms with van der Waals surface area (Å²) < 4.78 is 6.69. The van der Waals surface area contributed by atoms with Gasteiger partial charge in [0, 0.05) is 7.05 Å². The number of oxazole rings is 1. The second-order valence-corrected chi connectivity index (χ2v) is 3.33. The van der Waals surface area contributed by atoms with E-state index in [0.29, 0.717) is 5.69 Å². The lowest BCUT2D eigenvalue weighted by atomic mass is 10.2. The number of carbonyl (C=O) groups is 1. The van der Waals surface area contributed by atoms with Gasteiger partial charge in [0.05, 0.1) is 5.69 Å². The SMILES string of the molecule is CCc1cc(-c2ocnc2C(=O)O)n(C)n1. The first-order chi connectivity index (χ1) is 7.63. The lowest BCUT2D eigenvalue weighted by Crippen LogP contribution is -2.01. The molecule has 0 radical (unpaired) electrons. The monoisotopic (exact) mass is 221 g/mol. The van der Waals surface area contributed by atoms with Gasteiger partial charge in [-0.15, -0.1) is 0 Å². The lowest BCUT2D eigenvalue weighted by molar-refractivity contribution is 0.0691. The third-order valence-corrected chi connectivity index (χ3v) is 2.30. The van der Waals surface area contributed by atoms with Crippen LogP contribution in [0, 0.1) is 0 Å². The van der Waals surface area contributed by atoms with Crippen molar-refractivity contribution in [3.63, 3.8) is 0 Å². The molecule has 2 aromatic heterocycles. The molecule has 0 aromatic carbocycles. The summed E-state index contributed by atoms with van der Waals surface area (Å²) in [6.45, 7) is 1.98. The van der Waals surface area contributed by atoms with Crippen molar-refractivity contribution in [2.45, 2.75) is 13.3 Å². The first-order valence-electron chi connectivity index (χ1n) is 4.83. The van der Waals surface area contributed by atoms with E-state index in [-0.39, 0.29) is 11.5 Å². The molecule has 2 heterocycles. The van der Waals surface area contributed by atoms with Crippen LogP contribution in [0.3, 0.4) is 0 Å². The Hall–Kier alpha value is -2.11. The summed E-state index contributed by atoms with van der Waals surface area (Å²) in [5.41, 5.74) is 1.41.